The van der Waals surface area contributed by atoms with Gasteiger partial charge in [0, 0.05) is 25.0 Å². The minimum absolute atomic E-state index is 0.0790. The van der Waals surface area contributed by atoms with Gasteiger partial charge in [0.15, 0.2) is 0 Å². The second-order valence-corrected chi connectivity index (χ2v) is 12.5. The Kier molecular flexibility index (Phi) is 4.17. The number of ether oxygens (including phenoxy) is 1. The average molecular weight is 386 g/mol. The smallest absolute Gasteiger partial charge is 0.310 e. The highest BCUT2D eigenvalue weighted by atomic mass is 16.6. The minimum Gasteiger partial charge on any atom is -0.462 e. The highest BCUT2D eigenvalue weighted by Crippen LogP contribution is 2.58. The number of rotatable bonds is 2. The molecule has 5 aliphatic rings. The van der Waals surface area contributed by atoms with Crippen LogP contribution in [0.2, 0.25) is 0 Å². The molecule has 2 saturated heterocycles. The third-order valence-corrected chi connectivity index (χ3v) is 9.27. The summed E-state index contributed by atoms with van der Waals surface area (Å²) >= 11 is 0. The summed E-state index contributed by atoms with van der Waals surface area (Å²) in [4.78, 5) is 15.6. The molecule has 0 aromatic rings. The molecule has 0 spiro atoms. The molecule has 2 heterocycles. The fourth-order valence-electron chi connectivity index (χ4n) is 8.51. The molecule has 3 aliphatic carbocycles. The molecule has 3 nitrogen and oxygen atoms in total. The van der Waals surface area contributed by atoms with E-state index < -0.39 is 0 Å². The maximum Gasteiger partial charge on any atom is 0.310 e. The zero-order chi connectivity index (χ0) is 19.9. The third kappa shape index (κ3) is 2.99. The highest BCUT2D eigenvalue weighted by molar-refractivity contribution is 5.75. The van der Waals surface area contributed by atoms with Gasteiger partial charge in [0.05, 0.1) is 5.92 Å². The van der Waals surface area contributed by atoms with Crippen LogP contribution in [0.3, 0.4) is 0 Å². The summed E-state index contributed by atoms with van der Waals surface area (Å²) in [5.74, 6) is 1.17. The number of hydrogen-bond acceptors (Lipinski definition) is 3. The lowest BCUT2D eigenvalue weighted by atomic mass is 9.55. The van der Waals surface area contributed by atoms with Crippen molar-refractivity contribution in [1.82, 2.24) is 4.90 Å². The lowest BCUT2D eigenvalue weighted by Gasteiger charge is -2.50. The normalized spacial score (nSPS) is 50.2. The molecule has 2 aliphatic heterocycles. The van der Waals surface area contributed by atoms with Crippen molar-refractivity contribution < 1.29 is 9.53 Å². The van der Waals surface area contributed by atoms with E-state index in [1.165, 1.54) is 44.1 Å². The van der Waals surface area contributed by atoms with Crippen LogP contribution in [-0.2, 0) is 9.53 Å². The molecule has 2 bridgehead atoms. The monoisotopic (exact) mass is 385 g/mol. The van der Waals surface area contributed by atoms with Crippen LogP contribution in [-0.4, -0.2) is 36.1 Å². The molecule has 0 unspecified atom stereocenters. The van der Waals surface area contributed by atoms with E-state index >= 15 is 0 Å². The van der Waals surface area contributed by atoms with Gasteiger partial charge in [-0.25, -0.2) is 0 Å². The Morgan fingerprint density at radius 2 is 1.96 bits per heavy atom. The Balaban J connectivity index is 1.34. The number of likely N-dealkylation sites (tertiary alicyclic amines) is 1. The predicted molar refractivity (Wildman–Crippen MR) is 112 cm³/mol. The van der Waals surface area contributed by atoms with E-state index in [4.69, 9.17) is 4.74 Å². The summed E-state index contributed by atoms with van der Waals surface area (Å²) in [6.45, 7) is 16.3. The van der Waals surface area contributed by atoms with Crippen LogP contribution < -0.4 is 0 Å². The first-order valence-corrected chi connectivity index (χ1v) is 11.7. The molecule has 3 saturated carbocycles. The largest absolute Gasteiger partial charge is 0.462 e. The molecule has 28 heavy (non-hydrogen) atoms. The number of fused-ring (bicyclic) bond motifs is 4. The van der Waals surface area contributed by atoms with Gasteiger partial charge in [-0.15, -0.1) is 0 Å². The van der Waals surface area contributed by atoms with Gasteiger partial charge in [0.1, 0.15) is 6.10 Å². The Hall–Kier alpha value is -0.830. The van der Waals surface area contributed by atoms with E-state index in [1.807, 2.05) is 0 Å². The minimum atomic E-state index is 0.0790. The summed E-state index contributed by atoms with van der Waals surface area (Å²) in [7, 11) is 0. The predicted octanol–water partition coefficient (Wildman–Crippen LogP) is 5.20. The lowest BCUT2D eigenvalue weighted by Crippen LogP contribution is -2.46. The van der Waals surface area contributed by atoms with Gasteiger partial charge < -0.3 is 4.74 Å². The topological polar surface area (TPSA) is 29.5 Å². The van der Waals surface area contributed by atoms with Crippen LogP contribution in [0.4, 0.5) is 0 Å². The van der Waals surface area contributed by atoms with Crippen LogP contribution in [0.25, 0.3) is 0 Å². The van der Waals surface area contributed by atoms with Gasteiger partial charge in [0.2, 0.25) is 0 Å². The molecular formula is C25H39NO2. The van der Waals surface area contributed by atoms with E-state index in [9.17, 15) is 4.79 Å². The molecule has 5 rings (SSSR count). The van der Waals surface area contributed by atoms with Crippen molar-refractivity contribution in [2.45, 2.75) is 91.2 Å². The number of carbonyl (C=O) groups is 1. The van der Waals surface area contributed by atoms with Crippen molar-refractivity contribution >= 4 is 5.97 Å². The van der Waals surface area contributed by atoms with E-state index in [1.54, 1.807) is 0 Å². The maximum absolute atomic E-state index is 12.9. The second-order valence-electron chi connectivity index (χ2n) is 12.5. The maximum atomic E-state index is 12.9. The van der Waals surface area contributed by atoms with Crippen molar-refractivity contribution in [3.05, 3.63) is 12.2 Å². The van der Waals surface area contributed by atoms with Gasteiger partial charge in [-0.1, -0.05) is 39.8 Å². The molecule has 0 amide bonds. The van der Waals surface area contributed by atoms with Crippen molar-refractivity contribution in [3.63, 3.8) is 0 Å². The quantitative estimate of drug-likeness (QED) is 0.483. The number of hydrogen-bond donors (Lipinski definition) is 0. The molecule has 0 aromatic heterocycles. The Labute approximate surface area is 171 Å². The van der Waals surface area contributed by atoms with Crippen molar-refractivity contribution in [2.75, 3.05) is 13.1 Å². The lowest BCUT2D eigenvalue weighted by molar-refractivity contribution is -0.146. The van der Waals surface area contributed by atoms with E-state index in [2.05, 4.69) is 39.2 Å². The number of carbonyl (C=O) groups excluding carboxylic acids is 1. The van der Waals surface area contributed by atoms with Crippen LogP contribution in [0, 0.1) is 34.0 Å². The molecule has 5 fully saturated rings. The third-order valence-electron chi connectivity index (χ3n) is 9.27. The van der Waals surface area contributed by atoms with Crippen LogP contribution in [0.1, 0.15) is 79.1 Å². The summed E-state index contributed by atoms with van der Waals surface area (Å²) in [5.41, 5.74) is 2.60. The van der Waals surface area contributed by atoms with Crippen molar-refractivity contribution in [3.8, 4) is 0 Å². The number of nitrogens with zero attached hydrogens (tertiary/aromatic N) is 1. The molecule has 0 N–H and O–H groups in total. The SMILES string of the molecule is C=C1CCC[C@]2(C)C[C@H]3OC(=O)[C@@H](CN4C[C@@]5(C)C[C@H]4CC(C)(C)C5)[C@H]3C[C@@H]12. The summed E-state index contributed by atoms with van der Waals surface area (Å²) in [6, 6.07) is 0.652. The fraction of sp³-hybridized carbons (Fsp3) is 0.880. The second kappa shape index (κ2) is 6.09. The average Bonchev–Trinajstić information content (AvgIpc) is 2.97. The Morgan fingerprint density at radius 1 is 1.18 bits per heavy atom. The molecule has 0 aromatic carbocycles. The zero-order valence-corrected chi connectivity index (χ0v) is 18.4. The molecule has 156 valence electrons. The summed E-state index contributed by atoms with van der Waals surface area (Å²) in [5, 5.41) is 0. The summed E-state index contributed by atoms with van der Waals surface area (Å²) < 4.78 is 6.02. The van der Waals surface area contributed by atoms with Crippen molar-refractivity contribution in [2.24, 2.45) is 34.0 Å². The fourth-order valence-corrected chi connectivity index (χ4v) is 8.51. The first-order valence-electron chi connectivity index (χ1n) is 11.7. The number of allylic oxidation sites excluding steroid dienone is 1. The Bertz CT molecular complexity index is 699. The molecular weight excluding hydrogens is 346 g/mol. The van der Waals surface area contributed by atoms with E-state index in [0.717, 1.165) is 25.9 Å². The summed E-state index contributed by atoms with van der Waals surface area (Å²) in [6.07, 6.45) is 9.93. The molecule has 0 radical (unpaired) electrons. The highest BCUT2D eigenvalue weighted by Gasteiger charge is 2.57. The van der Waals surface area contributed by atoms with E-state index in [-0.39, 0.29) is 18.0 Å². The Morgan fingerprint density at radius 3 is 2.75 bits per heavy atom. The van der Waals surface area contributed by atoms with Gasteiger partial charge in [-0.2, -0.15) is 0 Å². The van der Waals surface area contributed by atoms with Gasteiger partial charge >= 0.3 is 5.97 Å². The first-order chi connectivity index (χ1) is 13.1. The standard InChI is InChI=1S/C25H39NO2/c1-16-7-6-8-25(5)12-21-18(9-20(16)25)19(22(27)28-21)13-26-15-24(4)11-17(26)10-23(2,3)14-24/h17-21H,1,6-15H2,2-5H3/t17-,18-,19+,20+,21-,24+,25-/m1/s1. The number of esters is 1. The van der Waals surface area contributed by atoms with Gasteiger partial charge in [-0.3, -0.25) is 9.69 Å². The van der Waals surface area contributed by atoms with Gasteiger partial charge in [-0.05, 0) is 73.5 Å². The molecule has 7 atom stereocenters. The van der Waals surface area contributed by atoms with Crippen molar-refractivity contribution in [1.29, 1.82) is 0 Å². The van der Waals surface area contributed by atoms with E-state index in [0.29, 0.717) is 34.1 Å². The van der Waals surface area contributed by atoms with Crippen LogP contribution in [0.15, 0.2) is 12.2 Å². The zero-order valence-electron chi connectivity index (χ0n) is 18.4. The molecule has 3 heteroatoms. The van der Waals surface area contributed by atoms with Crippen LogP contribution >= 0.6 is 0 Å². The van der Waals surface area contributed by atoms with Crippen LogP contribution in [0.5, 0.6) is 0 Å². The van der Waals surface area contributed by atoms with Gasteiger partial charge in [0.25, 0.3) is 0 Å². The first kappa shape index (κ1) is 19.2.